The molecule has 1 aliphatic rings. The number of rotatable bonds is 7. The molecule has 3 aromatic carbocycles. The minimum Gasteiger partial charge on any atom is -0.507 e. The van der Waals surface area contributed by atoms with Crippen LogP contribution in [0.1, 0.15) is 50.6 Å². The van der Waals surface area contributed by atoms with Crippen molar-refractivity contribution >= 4 is 39.7 Å². The average Bonchev–Trinajstić information content (AvgIpc) is 3.44. The highest BCUT2D eigenvalue weighted by Gasteiger charge is 2.48. The second-order valence-corrected chi connectivity index (χ2v) is 10.3. The van der Waals surface area contributed by atoms with Gasteiger partial charge in [-0.05, 0) is 49.2 Å². The Morgan fingerprint density at radius 3 is 2.36 bits per heavy atom. The summed E-state index contributed by atoms with van der Waals surface area (Å²) >= 11 is 1.06. The smallest absolute Gasteiger partial charge is 0.301 e. The molecule has 1 amide bonds. The zero-order chi connectivity index (χ0) is 27.7. The molecule has 2 heterocycles. The van der Waals surface area contributed by atoms with Crippen molar-refractivity contribution in [1.82, 2.24) is 4.98 Å². The van der Waals surface area contributed by atoms with E-state index in [2.05, 4.69) is 4.98 Å². The second-order valence-electron chi connectivity index (χ2n) is 9.35. The van der Waals surface area contributed by atoms with Gasteiger partial charge in [0, 0.05) is 12.5 Å². The van der Waals surface area contributed by atoms with E-state index in [4.69, 9.17) is 4.74 Å². The van der Waals surface area contributed by atoms with E-state index in [1.54, 1.807) is 55.5 Å². The van der Waals surface area contributed by atoms with Crippen LogP contribution in [-0.2, 0) is 16.2 Å². The number of Topliss-reactive ketones (excluding diaryl/α,β-unsaturated/α-hetero) is 2. The maximum absolute atomic E-state index is 13.3. The van der Waals surface area contributed by atoms with Crippen molar-refractivity contribution in [3.63, 3.8) is 0 Å². The van der Waals surface area contributed by atoms with E-state index in [-0.39, 0.29) is 22.2 Å². The number of aliphatic hydroxyl groups is 1. The molecule has 0 unspecified atom stereocenters. The first-order valence-electron chi connectivity index (χ1n) is 12.4. The molecule has 1 fully saturated rings. The van der Waals surface area contributed by atoms with Gasteiger partial charge in [0.1, 0.15) is 18.1 Å². The molecule has 0 saturated carbocycles. The first kappa shape index (κ1) is 26.1. The van der Waals surface area contributed by atoms with Crippen molar-refractivity contribution in [1.29, 1.82) is 0 Å². The van der Waals surface area contributed by atoms with E-state index >= 15 is 0 Å². The van der Waals surface area contributed by atoms with Crippen LogP contribution in [0, 0.1) is 13.8 Å². The van der Waals surface area contributed by atoms with Crippen LogP contribution in [-0.4, -0.2) is 27.6 Å². The Balaban J connectivity index is 1.51. The van der Waals surface area contributed by atoms with Gasteiger partial charge in [-0.2, -0.15) is 0 Å². The van der Waals surface area contributed by atoms with Crippen LogP contribution in [0.4, 0.5) is 5.13 Å². The summed E-state index contributed by atoms with van der Waals surface area (Å²) in [6.07, 6.45) is 0. The number of aryl methyl sites for hydroxylation is 2. The van der Waals surface area contributed by atoms with Gasteiger partial charge in [0.2, 0.25) is 0 Å². The predicted octanol–water partition coefficient (Wildman–Crippen LogP) is 6.17. The van der Waals surface area contributed by atoms with Crippen molar-refractivity contribution < 1.29 is 24.2 Å². The summed E-state index contributed by atoms with van der Waals surface area (Å²) in [5, 5.41) is 11.6. The normalized spacial score (nSPS) is 16.5. The van der Waals surface area contributed by atoms with E-state index in [0.717, 1.165) is 22.5 Å². The number of anilines is 1. The van der Waals surface area contributed by atoms with E-state index in [0.29, 0.717) is 34.1 Å². The Kier molecular flexibility index (Phi) is 7.13. The number of carbonyl (C=O) groups excluding carboxylic acids is 3. The fourth-order valence-corrected chi connectivity index (χ4v) is 5.61. The Labute approximate surface area is 230 Å². The summed E-state index contributed by atoms with van der Waals surface area (Å²) in [6, 6.07) is 22.8. The van der Waals surface area contributed by atoms with Crippen LogP contribution < -0.4 is 9.64 Å². The molecule has 39 heavy (non-hydrogen) atoms. The lowest BCUT2D eigenvalue weighted by Crippen LogP contribution is -2.29. The number of amides is 1. The molecule has 8 heteroatoms. The fraction of sp³-hybridized carbons (Fsp3) is 0.161. The van der Waals surface area contributed by atoms with Crippen LogP contribution in [0.3, 0.4) is 0 Å². The number of ether oxygens (including phenoxy) is 1. The van der Waals surface area contributed by atoms with Crippen molar-refractivity contribution in [2.24, 2.45) is 0 Å². The zero-order valence-electron chi connectivity index (χ0n) is 21.7. The summed E-state index contributed by atoms with van der Waals surface area (Å²) in [5.41, 5.74) is 3.63. The summed E-state index contributed by atoms with van der Waals surface area (Å²) < 4.78 is 5.88. The molecule has 1 aliphatic heterocycles. The summed E-state index contributed by atoms with van der Waals surface area (Å²) in [6.45, 7) is 5.53. The number of aromatic nitrogens is 1. The highest BCUT2D eigenvalue weighted by molar-refractivity contribution is 7.18. The Bertz CT molecular complexity index is 1610. The summed E-state index contributed by atoms with van der Waals surface area (Å²) in [5.74, 6) is -1.50. The van der Waals surface area contributed by atoms with Gasteiger partial charge in [0.05, 0.1) is 22.2 Å². The van der Waals surface area contributed by atoms with Gasteiger partial charge in [-0.15, -0.1) is 0 Å². The molecule has 1 N–H and O–H groups in total. The van der Waals surface area contributed by atoms with Crippen molar-refractivity contribution in [3.8, 4) is 5.75 Å². The van der Waals surface area contributed by atoms with Gasteiger partial charge < -0.3 is 9.84 Å². The van der Waals surface area contributed by atoms with E-state index in [9.17, 15) is 19.5 Å². The third-order valence-corrected chi connectivity index (χ3v) is 7.74. The molecule has 0 radical (unpaired) electrons. The second kappa shape index (κ2) is 10.7. The fourth-order valence-electron chi connectivity index (χ4n) is 4.63. The van der Waals surface area contributed by atoms with Crippen molar-refractivity contribution in [3.05, 3.63) is 117 Å². The molecule has 1 aromatic heterocycles. The molecule has 4 aromatic rings. The lowest BCUT2D eigenvalue weighted by atomic mass is 9.95. The number of ketones is 2. The van der Waals surface area contributed by atoms with Crippen LogP contribution in [0.25, 0.3) is 5.76 Å². The zero-order valence-corrected chi connectivity index (χ0v) is 22.5. The first-order valence-corrected chi connectivity index (χ1v) is 13.2. The standard InChI is InChI=1S/C31H26N2O5S/c1-18-8-7-9-21(16-18)17-38-24-14-12-23(13-15-24)27(35)25-26(22-10-5-4-6-11-22)33(30(37)28(25)36)31-32-19(2)29(39-31)20(3)34/h4-16,26,35H,17H2,1-3H3/b27-25+/t26-/m0/s1. The Morgan fingerprint density at radius 2 is 1.72 bits per heavy atom. The first-order chi connectivity index (χ1) is 18.7. The van der Waals surface area contributed by atoms with Gasteiger partial charge in [-0.25, -0.2) is 4.98 Å². The predicted molar refractivity (Wildman–Crippen MR) is 150 cm³/mol. The van der Waals surface area contributed by atoms with Crippen molar-refractivity contribution in [2.45, 2.75) is 33.4 Å². The molecular formula is C31H26N2O5S. The van der Waals surface area contributed by atoms with Gasteiger partial charge in [0.25, 0.3) is 5.78 Å². The van der Waals surface area contributed by atoms with Gasteiger partial charge in [-0.3, -0.25) is 19.3 Å². The molecule has 5 rings (SSSR count). The molecule has 0 spiro atoms. The van der Waals surface area contributed by atoms with Gasteiger partial charge in [0.15, 0.2) is 10.9 Å². The van der Waals surface area contributed by atoms with Crippen LogP contribution in [0.2, 0.25) is 0 Å². The number of carbonyl (C=O) groups is 3. The third-order valence-electron chi connectivity index (χ3n) is 6.49. The minimum atomic E-state index is -0.909. The SMILES string of the molecule is CC(=O)c1sc(N2C(=O)C(=O)/C(=C(/O)c3ccc(OCc4cccc(C)c4)cc3)[C@@H]2c2ccccc2)nc1C. The number of thiazole rings is 1. The van der Waals surface area contributed by atoms with E-state index in [1.807, 2.05) is 37.3 Å². The number of hydrogen-bond donors (Lipinski definition) is 1. The Hall–Kier alpha value is -4.56. The summed E-state index contributed by atoms with van der Waals surface area (Å²) in [7, 11) is 0. The molecule has 1 atom stereocenters. The molecule has 196 valence electrons. The molecule has 0 bridgehead atoms. The van der Waals surface area contributed by atoms with Crippen LogP contribution >= 0.6 is 11.3 Å². The van der Waals surface area contributed by atoms with Crippen molar-refractivity contribution in [2.75, 3.05) is 4.90 Å². The van der Waals surface area contributed by atoms with Crippen LogP contribution in [0.5, 0.6) is 5.75 Å². The van der Waals surface area contributed by atoms with E-state index in [1.165, 1.54) is 11.8 Å². The monoisotopic (exact) mass is 538 g/mol. The lowest BCUT2D eigenvalue weighted by molar-refractivity contribution is -0.132. The molecular weight excluding hydrogens is 512 g/mol. The van der Waals surface area contributed by atoms with Crippen LogP contribution in [0.15, 0.2) is 84.4 Å². The van der Waals surface area contributed by atoms with E-state index < -0.39 is 17.7 Å². The minimum absolute atomic E-state index is 0.0446. The molecule has 7 nitrogen and oxygen atoms in total. The lowest BCUT2D eigenvalue weighted by Gasteiger charge is -2.23. The maximum atomic E-state index is 13.3. The summed E-state index contributed by atoms with van der Waals surface area (Å²) in [4.78, 5) is 44.8. The Morgan fingerprint density at radius 1 is 1.00 bits per heavy atom. The number of hydrogen-bond acceptors (Lipinski definition) is 7. The maximum Gasteiger partial charge on any atom is 0.301 e. The quantitative estimate of drug-likeness (QED) is 0.131. The topological polar surface area (TPSA) is 96.8 Å². The number of nitrogens with zero attached hydrogens (tertiary/aromatic N) is 2. The number of aliphatic hydroxyl groups excluding tert-OH is 1. The third kappa shape index (κ3) is 5.11. The van der Waals surface area contributed by atoms with Gasteiger partial charge in [-0.1, -0.05) is 71.5 Å². The molecule has 0 aliphatic carbocycles. The highest BCUT2D eigenvalue weighted by Crippen LogP contribution is 2.43. The average molecular weight is 539 g/mol. The molecule has 1 saturated heterocycles. The largest absolute Gasteiger partial charge is 0.507 e. The number of benzene rings is 3. The highest BCUT2D eigenvalue weighted by atomic mass is 32.1. The van der Waals surface area contributed by atoms with Gasteiger partial charge >= 0.3 is 5.91 Å².